The Balaban J connectivity index is 1.53. The Morgan fingerprint density at radius 2 is 1.68 bits per heavy atom. The Bertz CT molecular complexity index is 761. The van der Waals surface area contributed by atoms with E-state index >= 15 is 0 Å². The topological polar surface area (TPSA) is 64.9 Å². The highest BCUT2D eigenvalue weighted by Crippen LogP contribution is 2.35. The summed E-state index contributed by atoms with van der Waals surface area (Å²) in [6, 6.07) is 10.2. The number of allylic oxidation sites excluding steroid dienone is 2. The maximum atomic E-state index is 13.0. The van der Waals surface area contributed by atoms with Crippen LogP contribution in [-0.2, 0) is 9.59 Å². The number of benzene rings is 1. The third-order valence-electron chi connectivity index (χ3n) is 6.19. The van der Waals surface area contributed by atoms with Crippen LogP contribution in [0.1, 0.15) is 32.3 Å². The van der Waals surface area contributed by atoms with E-state index in [9.17, 15) is 14.7 Å². The van der Waals surface area contributed by atoms with E-state index in [1.165, 1.54) is 10.5 Å². The molecule has 0 aromatic heterocycles. The lowest BCUT2D eigenvalue weighted by Gasteiger charge is -2.38. The van der Waals surface area contributed by atoms with E-state index in [2.05, 4.69) is 24.3 Å². The molecule has 1 aliphatic heterocycles. The van der Waals surface area contributed by atoms with Crippen molar-refractivity contribution in [3.05, 3.63) is 53.1 Å². The molecule has 2 atom stereocenters. The molecule has 2 aliphatic rings. The number of aliphatic carboxylic acids is 1. The molecule has 0 unspecified atom stereocenters. The number of quaternary nitrogens is 1. The first-order chi connectivity index (χ1) is 13.5. The Hall–Kier alpha value is -2.40. The maximum Gasteiger partial charge on any atom is 0.227 e. The lowest BCUT2D eigenvalue weighted by atomic mass is 9.76. The number of nitrogens with one attached hydrogen (secondary N) is 1. The van der Waals surface area contributed by atoms with Gasteiger partial charge in [-0.25, -0.2) is 0 Å². The quantitative estimate of drug-likeness (QED) is 0.756. The molecule has 0 spiro atoms. The fraction of sp³-hybridized carbons (Fsp3) is 0.478. The minimum atomic E-state index is -1.10. The van der Waals surface area contributed by atoms with Crippen molar-refractivity contribution in [2.75, 3.05) is 32.7 Å². The largest absolute Gasteiger partial charge is 0.550 e. The first-order valence-corrected chi connectivity index (χ1v) is 10.2. The van der Waals surface area contributed by atoms with Crippen molar-refractivity contribution in [1.82, 2.24) is 4.90 Å². The second-order valence-electron chi connectivity index (χ2n) is 8.09. The number of piperazine rings is 1. The molecule has 1 aromatic rings. The van der Waals surface area contributed by atoms with E-state index < -0.39 is 17.8 Å². The Morgan fingerprint density at radius 3 is 2.29 bits per heavy atom. The van der Waals surface area contributed by atoms with Crippen molar-refractivity contribution >= 4 is 18.0 Å². The molecule has 5 heteroatoms. The summed E-state index contributed by atoms with van der Waals surface area (Å²) in [5, 5.41) is 11.6. The van der Waals surface area contributed by atoms with Crippen molar-refractivity contribution < 1.29 is 19.6 Å². The van der Waals surface area contributed by atoms with Crippen molar-refractivity contribution in [3.63, 3.8) is 0 Å². The molecule has 1 aromatic carbocycles. The van der Waals surface area contributed by atoms with Gasteiger partial charge < -0.3 is 19.7 Å². The summed E-state index contributed by atoms with van der Waals surface area (Å²) in [6.45, 7) is 8.04. The van der Waals surface area contributed by atoms with Crippen LogP contribution in [-0.4, -0.2) is 49.5 Å². The Morgan fingerprint density at radius 1 is 1.07 bits per heavy atom. The summed E-state index contributed by atoms with van der Waals surface area (Å²) in [7, 11) is 0. The van der Waals surface area contributed by atoms with Gasteiger partial charge in [0.15, 0.2) is 0 Å². The molecule has 1 amide bonds. The van der Waals surface area contributed by atoms with E-state index in [-0.39, 0.29) is 5.91 Å². The molecule has 28 heavy (non-hydrogen) atoms. The maximum absolute atomic E-state index is 13.0. The normalized spacial score (nSPS) is 24.0. The fourth-order valence-electron chi connectivity index (χ4n) is 4.21. The van der Waals surface area contributed by atoms with Crippen LogP contribution >= 0.6 is 0 Å². The van der Waals surface area contributed by atoms with Crippen LogP contribution < -0.4 is 10.0 Å². The zero-order valence-corrected chi connectivity index (χ0v) is 16.8. The van der Waals surface area contributed by atoms with Gasteiger partial charge in [0, 0.05) is 11.9 Å². The van der Waals surface area contributed by atoms with Crippen molar-refractivity contribution in [1.29, 1.82) is 0 Å². The fourth-order valence-corrected chi connectivity index (χ4v) is 4.21. The summed E-state index contributed by atoms with van der Waals surface area (Å²) in [6.07, 6.45) is 5.29. The first-order valence-electron chi connectivity index (χ1n) is 10.2. The molecule has 5 nitrogen and oxygen atoms in total. The predicted octanol–water partition coefficient (Wildman–Crippen LogP) is 0.539. The Labute approximate surface area is 167 Å². The van der Waals surface area contributed by atoms with Crippen LogP contribution in [0.3, 0.4) is 0 Å². The van der Waals surface area contributed by atoms with Crippen LogP contribution in [0.2, 0.25) is 0 Å². The number of hydrogen-bond acceptors (Lipinski definition) is 3. The third-order valence-corrected chi connectivity index (χ3v) is 6.19. The van der Waals surface area contributed by atoms with Gasteiger partial charge in [0.1, 0.15) is 0 Å². The number of hydrogen-bond donors (Lipinski definition) is 1. The summed E-state index contributed by atoms with van der Waals surface area (Å²) < 4.78 is 0. The van der Waals surface area contributed by atoms with Gasteiger partial charge in [-0.05, 0) is 38.3 Å². The van der Waals surface area contributed by atoms with E-state index in [4.69, 9.17) is 0 Å². The van der Waals surface area contributed by atoms with Crippen molar-refractivity contribution in [3.8, 4) is 0 Å². The van der Waals surface area contributed by atoms with E-state index in [1.807, 2.05) is 36.9 Å². The average Bonchev–Trinajstić information content (AvgIpc) is 2.70. The highest BCUT2D eigenvalue weighted by atomic mass is 16.4. The number of carbonyl (C=O) groups is 2. The third kappa shape index (κ3) is 4.90. The summed E-state index contributed by atoms with van der Waals surface area (Å²) in [5.41, 5.74) is 3.42. The molecule has 3 rings (SSSR count). The minimum Gasteiger partial charge on any atom is -0.550 e. The molecular weight excluding hydrogens is 352 g/mol. The first kappa shape index (κ1) is 20.3. The minimum absolute atomic E-state index is 0.0140. The van der Waals surface area contributed by atoms with E-state index in [0.717, 1.165) is 30.8 Å². The zero-order chi connectivity index (χ0) is 20.1. The highest BCUT2D eigenvalue weighted by molar-refractivity contribution is 5.85. The Kier molecular flexibility index (Phi) is 6.68. The molecule has 1 fully saturated rings. The number of carbonyl (C=O) groups excluding carboxylic acids is 2. The van der Waals surface area contributed by atoms with E-state index in [0.29, 0.717) is 25.9 Å². The van der Waals surface area contributed by atoms with E-state index in [1.54, 1.807) is 0 Å². The molecule has 1 heterocycles. The number of carboxylic acids is 1. The second kappa shape index (κ2) is 9.20. The summed E-state index contributed by atoms with van der Waals surface area (Å²) >= 11 is 0. The van der Waals surface area contributed by atoms with Gasteiger partial charge in [0.25, 0.3) is 0 Å². The molecule has 1 saturated heterocycles. The molecule has 0 saturated carbocycles. The smallest absolute Gasteiger partial charge is 0.227 e. The molecule has 0 radical (unpaired) electrons. The lowest BCUT2D eigenvalue weighted by Crippen LogP contribution is -3.14. The monoisotopic (exact) mass is 382 g/mol. The van der Waals surface area contributed by atoms with Crippen LogP contribution in [0.15, 0.2) is 47.6 Å². The van der Waals surface area contributed by atoms with Gasteiger partial charge in [-0.2, -0.15) is 0 Å². The average molecular weight is 383 g/mol. The highest BCUT2D eigenvalue weighted by Gasteiger charge is 2.37. The molecule has 0 bridgehead atoms. The van der Waals surface area contributed by atoms with Gasteiger partial charge >= 0.3 is 0 Å². The van der Waals surface area contributed by atoms with Gasteiger partial charge in [-0.1, -0.05) is 47.6 Å². The number of carboxylic acid groups (broad SMARTS) is 1. The predicted molar refractivity (Wildman–Crippen MR) is 107 cm³/mol. The van der Waals surface area contributed by atoms with Crippen LogP contribution in [0.5, 0.6) is 0 Å². The number of nitrogens with zero attached hydrogens (tertiary/aromatic N) is 1. The molecule has 1 aliphatic carbocycles. The van der Waals surface area contributed by atoms with Gasteiger partial charge in [0.2, 0.25) is 5.91 Å². The summed E-state index contributed by atoms with van der Waals surface area (Å²) in [4.78, 5) is 27.9. The van der Waals surface area contributed by atoms with Gasteiger partial charge in [-0.3, -0.25) is 4.79 Å². The number of amides is 1. The molecule has 150 valence electrons. The van der Waals surface area contributed by atoms with Crippen molar-refractivity contribution in [2.45, 2.75) is 26.7 Å². The SMILES string of the molecule is CC1=C(C)C[C@@H](C(=O)[O-])[C@@H](C(=O)N2CC[NH+](C/C=C/c3ccccc3)CC2)C1. The van der Waals surface area contributed by atoms with Gasteiger partial charge in [-0.15, -0.1) is 0 Å². The second-order valence-corrected chi connectivity index (χ2v) is 8.09. The van der Waals surface area contributed by atoms with Crippen LogP contribution in [0.4, 0.5) is 0 Å². The van der Waals surface area contributed by atoms with Crippen molar-refractivity contribution in [2.24, 2.45) is 11.8 Å². The lowest BCUT2D eigenvalue weighted by molar-refractivity contribution is -0.898. The molecular formula is C23H30N2O3. The number of rotatable bonds is 5. The molecule has 1 N–H and O–H groups in total. The zero-order valence-electron chi connectivity index (χ0n) is 16.8. The van der Waals surface area contributed by atoms with Crippen LogP contribution in [0, 0.1) is 11.8 Å². The summed E-state index contributed by atoms with van der Waals surface area (Å²) in [5.74, 6) is -2.29. The van der Waals surface area contributed by atoms with Crippen LogP contribution in [0.25, 0.3) is 6.08 Å². The van der Waals surface area contributed by atoms with Gasteiger partial charge in [0.05, 0.1) is 38.6 Å². The standard InChI is InChI=1S/C23H30N2O3/c1-17-15-20(21(23(27)28)16-18(17)2)22(26)25-13-11-24(12-14-25)10-6-9-19-7-4-3-5-8-19/h3-9,20-21H,10-16H2,1-2H3,(H,27,28)/b9-6+/t20-,21+/m0/s1.